The van der Waals surface area contributed by atoms with Gasteiger partial charge in [0.2, 0.25) is 0 Å². The third-order valence-electron chi connectivity index (χ3n) is 3.19. The zero-order valence-corrected chi connectivity index (χ0v) is 14.6. The van der Waals surface area contributed by atoms with Gasteiger partial charge in [0.1, 0.15) is 24.3 Å². The second-order valence-electron chi connectivity index (χ2n) is 5.37. The Balaban J connectivity index is 1.66. The Morgan fingerprint density at radius 1 is 1.28 bits per heavy atom. The van der Waals surface area contributed by atoms with Gasteiger partial charge in [0, 0.05) is 11.8 Å². The molecule has 0 saturated heterocycles. The van der Waals surface area contributed by atoms with E-state index in [4.69, 9.17) is 14.7 Å². The summed E-state index contributed by atoms with van der Waals surface area (Å²) < 4.78 is 23.7. The third-order valence-corrected chi connectivity index (χ3v) is 4.16. The smallest absolute Gasteiger partial charge is 0.316 e. The number of carbonyl (C=O) groups excluding carboxylic acids is 1. The maximum atomic E-state index is 13.0. The summed E-state index contributed by atoms with van der Waals surface area (Å²) in [6, 6.07) is 15.1. The van der Waals surface area contributed by atoms with Crippen LogP contribution in [0.5, 0.6) is 5.75 Å². The molecule has 0 fully saturated rings. The van der Waals surface area contributed by atoms with Gasteiger partial charge in [-0.2, -0.15) is 5.26 Å². The second-order valence-corrected chi connectivity index (χ2v) is 6.36. The molecule has 0 amide bonds. The number of carbonyl (C=O) groups is 1. The van der Waals surface area contributed by atoms with Gasteiger partial charge in [-0.1, -0.05) is 18.2 Å². The van der Waals surface area contributed by atoms with E-state index in [9.17, 15) is 9.18 Å². The number of esters is 1. The number of benzene rings is 2. The highest BCUT2D eigenvalue weighted by Crippen LogP contribution is 2.15. The van der Waals surface area contributed by atoms with Crippen LogP contribution in [0.4, 0.5) is 4.39 Å². The second kappa shape index (κ2) is 9.70. The van der Waals surface area contributed by atoms with Gasteiger partial charge >= 0.3 is 5.97 Å². The fourth-order valence-corrected chi connectivity index (χ4v) is 2.76. The number of rotatable bonds is 8. The molecule has 25 heavy (non-hydrogen) atoms. The summed E-state index contributed by atoms with van der Waals surface area (Å²) in [5.74, 6) is 0.590. The Bertz CT molecular complexity index is 743. The van der Waals surface area contributed by atoms with Crippen LogP contribution in [0, 0.1) is 17.1 Å². The largest absolute Gasteiger partial charge is 0.490 e. The molecule has 1 atom stereocenters. The minimum Gasteiger partial charge on any atom is -0.490 e. The third kappa shape index (κ3) is 6.86. The predicted molar refractivity (Wildman–Crippen MR) is 94.8 cm³/mol. The monoisotopic (exact) mass is 359 g/mol. The first-order valence-electron chi connectivity index (χ1n) is 7.71. The molecular weight excluding hydrogens is 341 g/mol. The van der Waals surface area contributed by atoms with Gasteiger partial charge in [-0.3, -0.25) is 4.79 Å². The van der Waals surface area contributed by atoms with Crippen LogP contribution in [0.25, 0.3) is 0 Å². The molecule has 1 unspecified atom stereocenters. The van der Waals surface area contributed by atoms with Crippen molar-refractivity contribution in [1.29, 1.82) is 5.26 Å². The van der Waals surface area contributed by atoms with Gasteiger partial charge < -0.3 is 9.47 Å². The molecule has 0 aromatic heterocycles. The maximum Gasteiger partial charge on any atom is 0.316 e. The standard InChI is InChI=1S/C19H18FNO3S/c1-14(11-23-18-4-2-3-17(20)9-18)24-19(22)13-25-12-16-7-5-15(10-21)6-8-16/h2-9,14H,11-13H2,1H3. The molecule has 0 bridgehead atoms. The van der Waals surface area contributed by atoms with Crippen molar-refractivity contribution in [3.8, 4) is 11.8 Å². The van der Waals surface area contributed by atoms with E-state index in [2.05, 4.69) is 6.07 Å². The number of halogens is 1. The number of nitriles is 1. The Hall–Kier alpha value is -2.52. The molecule has 0 N–H and O–H groups in total. The first-order chi connectivity index (χ1) is 12.1. The quantitative estimate of drug-likeness (QED) is 0.668. The van der Waals surface area contributed by atoms with Crippen LogP contribution in [0.3, 0.4) is 0 Å². The summed E-state index contributed by atoms with van der Waals surface area (Å²) >= 11 is 1.44. The minimum atomic E-state index is -0.425. The fourth-order valence-electron chi connectivity index (χ4n) is 1.99. The minimum absolute atomic E-state index is 0.162. The lowest BCUT2D eigenvalue weighted by atomic mass is 10.2. The van der Waals surface area contributed by atoms with Crippen LogP contribution in [0.15, 0.2) is 48.5 Å². The fraction of sp³-hybridized carbons (Fsp3) is 0.263. The van der Waals surface area contributed by atoms with Crippen molar-refractivity contribution in [2.24, 2.45) is 0 Å². The van der Waals surface area contributed by atoms with Crippen molar-refractivity contribution < 1.29 is 18.7 Å². The van der Waals surface area contributed by atoms with Gasteiger partial charge in [-0.25, -0.2) is 4.39 Å². The number of nitrogens with zero attached hydrogens (tertiary/aromatic N) is 1. The van der Waals surface area contributed by atoms with Crippen molar-refractivity contribution in [3.05, 3.63) is 65.5 Å². The normalized spacial score (nSPS) is 11.4. The van der Waals surface area contributed by atoms with E-state index in [1.165, 1.54) is 23.9 Å². The highest BCUT2D eigenvalue weighted by atomic mass is 32.2. The SMILES string of the molecule is CC(COc1cccc(F)c1)OC(=O)CSCc1ccc(C#N)cc1. The Morgan fingerprint density at radius 3 is 2.72 bits per heavy atom. The van der Waals surface area contributed by atoms with Crippen LogP contribution in [-0.4, -0.2) is 24.4 Å². The zero-order valence-electron chi connectivity index (χ0n) is 13.8. The van der Waals surface area contributed by atoms with Gasteiger partial charge in [-0.05, 0) is 36.8 Å². The highest BCUT2D eigenvalue weighted by Gasteiger charge is 2.11. The average Bonchev–Trinajstić information content (AvgIpc) is 2.60. The van der Waals surface area contributed by atoms with E-state index in [0.717, 1.165) is 5.56 Å². The molecule has 0 heterocycles. The lowest BCUT2D eigenvalue weighted by molar-refractivity contribution is -0.146. The molecule has 0 spiro atoms. The lowest BCUT2D eigenvalue weighted by Gasteiger charge is -2.14. The highest BCUT2D eigenvalue weighted by molar-refractivity contribution is 7.99. The van der Waals surface area contributed by atoms with E-state index in [1.807, 2.05) is 12.1 Å². The van der Waals surface area contributed by atoms with Crippen molar-refractivity contribution in [2.75, 3.05) is 12.4 Å². The Labute approximate surface area is 150 Å². The first-order valence-corrected chi connectivity index (χ1v) is 8.87. The molecule has 6 heteroatoms. The average molecular weight is 359 g/mol. The molecule has 0 saturated carbocycles. The van der Waals surface area contributed by atoms with Crippen molar-refractivity contribution >= 4 is 17.7 Å². The summed E-state index contributed by atoms with van der Waals surface area (Å²) in [4.78, 5) is 11.8. The van der Waals surface area contributed by atoms with E-state index in [0.29, 0.717) is 17.1 Å². The molecule has 130 valence electrons. The lowest BCUT2D eigenvalue weighted by Crippen LogP contribution is -2.23. The molecule has 4 nitrogen and oxygen atoms in total. The molecule has 0 aliphatic carbocycles. The number of thioether (sulfide) groups is 1. The van der Waals surface area contributed by atoms with Crippen molar-refractivity contribution in [3.63, 3.8) is 0 Å². The molecule has 0 radical (unpaired) electrons. The van der Waals surface area contributed by atoms with E-state index in [1.54, 1.807) is 31.2 Å². The zero-order chi connectivity index (χ0) is 18.1. The van der Waals surface area contributed by atoms with Crippen LogP contribution in [0.1, 0.15) is 18.1 Å². The number of hydrogen-bond acceptors (Lipinski definition) is 5. The number of hydrogen-bond donors (Lipinski definition) is 0. The molecular formula is C19H18FNO3S. The van der Waals surface area contributed by atoms with Gasteiger partial charge in [0.05, 0.1) is 17.4 Å². The summed E-state index contributed by atoms with van der Waals surface area (Å²) in [6.07, 6.45) is -0.425. The molecule has 2 aromatic carbocycles. The van der Waals surface area contributed by atoms with Gasteiger partial charge in [-0.15, -0.1) is 11.8 Å². The molecule has 0 aliphatic rings. The van der Waals surface area contributed by atoms with Gasteiger partial charge in [0.25, 0.3) is 0 Å². The number of ether oxygens (including phenoxy) is 2. The maximum absolute atomic E-state index is 13.0. The topological polar surface area (TPSA) is 59.3 Å². The molecule has 2 rings (SSSR count). The predicted octanol–water partition coefficient (Wildman–Crippen LogP) is 3.94. The summed E-state index contributed by atoms with van der Waals surface area (Å²) in [7, 11) is 0. The van der Waals surface area contributed by atoms with E-state index < -0.39 is 6.10 Å². The van der Waals surface area contributed by atoms with Crippen LogP contribution < -0.4 is 4.74 Å². The molecule has 2 aromatic rings. The van der Waals surface area contributed by atoms with Crippen LogP contribution in [0.2, 0.25) is 0 Å². The van der Waals surface area contributed by atoms with Crippen LogP contribution in [-0.2, 0) is 15.3 Å². The summed E-state index contributed by atoms with van der Waals surface area (Å²) in [5.41, 5.74) is 1.65. The Kier molecular flexibility index (Phi) is 7.30. The van der Waals surface area contributed by atoms with Gasteiger partial charge in [0.15, 0.2) is 0 Å². The van der Waals surface area contributed by atoms with Crippen molar-refractivity contribution in [1.82, 2.24) is 0 Å². The summed E-state index contributed by atoms with van der Waals surface area (Å²) in [5, 5.41) is 8.75. The van der Waals surface area contributed by atoms with E-state index in [-0.39, 0.29) is 24.1 Å². The molecule has 0 aliphatic heterocycles. The summed E-state index contributed by atoms with van der Waals surface area (Å²) in [6.45, 7) is 1.89. The van der Waals surface area contributed by atoms with Crippen molar-refractivity contribution in [2.45, 2.75) is 18.8 Å². The first kappa shape index (κ1) is 18.8. The Morgan fingerprint density at radius 2 is 2.04 bits per heavy atom. The van der Waals surface area contributed by atoms with E-state index >= 15 is 0 Å². The van der Waals surface area contributed by atoms with Crippen LogP contribution >= 0.6 is 11.8 Å².